The molecule has 0 aliphatic carbocycles. The number of rotatable bonds is 6. The molecule has 0 bridgehead atoms. The Kier molecular flexibility index (Phi) is 5.72. The van der Waals surface area contributed by atoms with Crippen LogP contribution >= 0.6 is 0 Å². The number of carbonyl (C=O) groups is 2. The number of aromatic nitrogens is 2. The van der Waals surface area contributed by atoms with E-state index in [1.54, 1.807) is 23.2 Å². The van der Waals surface area contributed by atoms with E-state index in [-0.39, 0.29) is 11.3 Å². The maximum Gasteiger partial charge on any atom is 0.295 e. The van der Waals surface area contributed by atoms with Crippen LogP contribution in [0.1, 0.15) is 34.7 Å². The topological polar surface area (TPSA) is 86.3 Å². The number of amides is 1. The number of nitrogens with one attached hydrogen (secondary N) is 1. The highest BCUT2D eigenvalue weighted by Gasteiger charge is 2.45. The summed E-state index contributed by atoms with van der Waals surface area (Å²) in [5.74, 6) is -1.45. The molecule has 0 saturated carbocycles. The summed E-state index contributed by atoms with van der Waals surface area (Å²) in [6.45, 7) is 2.38. The zero-order valence-corrected chi connectivity index (χ0v) is 18.9. The molecule has 170 valence electrons. The van der Waals surface area contributed by atoms with Gasteiger partial charge in [0, 0.05) is 41.6 Å². The minimum absolute atomic E-state index is 0.106. The summed E-state index contributed by atoms with van der Waals surface area (Å²) in [4.78, 5) is 35.1. The maximum atomic E-state index is 13.1. The molecule has 1 unspecified atom stereocenters. The standard InChI is InChI=1S/C28H25N3O3/c1-18-10-12-19(13-11-18)25-24(26(32)21-6-4-14-29-16-21)27(33)28(34)31(25)15-5-7-20-17-30-23-9-3-2-8-22(20)23/h2-4,6,8-14,16-17,25,30,32H,5,7,15H2,1H3. The van der Waals surface area contributed by atoms with Gasteiger partial charge in [-0.15, -0.1) is 0 Å². The third kappa shape index (κ3) is 3.88. The first-order chi connectivity index (χ1) is 16.5. The Balaban J connectivity index is 1.48. The van der Waals surface area contributed by atoms with Gasteiger partial charge in [-0.1, -0.05) is 48.0 Å². The van der Waals surface area contributed by atoms with Crippen LogP contribution in [0.15, 0.2) is 84.8 Å². The molecule has 2 N–H and O–H groups in total. The largest absolute Gasteiger partial charge is 0.507 e. The average molecular weight is 452 g/mol. The molecule has 1 fully saturated rings. The Hall–Kier alpha value is -4.19. The smallest absolute Gasteiger partial charge is 0.295 e. The van der Waals surface area contributed by atoms with Crippen LogP contribution in [0.3, 0.4) is 0 Å². The van der Waals surface area contributed by atoms with Crippen LogP contribution in [-0.2, 0) is 16.0 Å². The second-order valence-corrected chi connectivity index (χ2v) is 8.61. The van der Waals surface area contributed by atoms with E-state index in [1.165, 1.54) is 11.8 Å². The van der Waals surface area contributed by atoms with Crippen molar-refractivity contribution in [1.29, 1.82) is 0 Å². The van der Waals surface area contributed by atoms with Gasteiger partial charge in [0.15, 0.2) is 0 Å². The zero-order valence-electron chi connectivity index (χ0n) is 18.9. The van der Waals surface area contributed by atoms with E-state index in [2.05, 4.69) is 16.0 Å². The van der Waals surface area contributed by atoms with Crippen molar-refractivity contribution in [3.63, 3.8) is 0 Å². The number of para-hydroxylation sites is 1. The third-order valence-corrected chi connectivity index (χ3v) is 6.39. The molecule has 2 aromatic heterocycles. The Labute approximate surface area is 197 Å². The number of fused-ring (bicyclic) bond motifs is 1. The quantitative estimate of drug-likeness (QED) is 0.247. The minimum atomic E-state index is -0.668. The molecule has 3 heterocycles. The van der Waals surface area contributed by atoms with Crippen LogP contribution in [0.25, 0.3) is 16.7 Å². The molecule has 4 aromatic rings. The van der Waals surface area contributed by atoms with Crippen LogP contribution in [0.2, 0.25) is 0 Å². The number of likely N-dealkylation sites (tertiary alicyclic amines) is 1. The fraction of sp³-hybridized carbons (Fsp3) is 0.179. The lowest BCUT2D eigenvalue weighted by Crippen LogP contribution is -2.31. The lowest BCUT2D eigenvalue weighted by molar-refractivity contribution is -0.139. The molecule has 5 rings (SSSR count). The zero-order chi connectivity index (χ0) is 23.7. The van der Waals surface area contributed by atoms with Crippen molar-refractivity contribution in [2.75, 3.05) is 6.54 Å². The Morgan fingerprint density at radius 2 is 1.85 bits per heavy atom. The van der Waals surface area contributed by atoms with Crippen molar-refractivity contribution >= 4 is 28.4 Å². The average Bonchev–Trinajstić information content (AvgIpc) is 3.39. The first-order valence-corrected chi connectivity index (χ1v) is 11.3. The number of pyridine rings is 1. The number of H-pyrrole nitrogens is 1. The van der Waals surface area contributed by atoms with Gasteiger partial charge >= 0.3 is 0 Å². The summed E-state index contributed by atoms with van der Waals surface area (Å²) in [7, 11) is 0. The van der Waals surface area contributed by atoms with Crippen molar-refractivity contribution in [2.45, 2.75) is 25.8 Å². The highest BCUT2D eigenvalue weighted by atomic mass is 16.3. The summed E-state index contributed by atoms with van der Waals surface area (Å²) < 4.78 is 0. The van der Waals surface area contributed by atoms with E-state index in [1.807, 2.05) is 55.6 Å². The number of hydrogen-bond donors (Lipinski definition) is 2. The fourth-order valence-corrected chi connectivity index (χ4v) is 4.64. The first-order valence-electron chi connectivity index (χ1n) is 11.3. The van der Waals surface area contributed by atoms with Crippen molar-refractivity contribution in [2.24, 2.45) is 0 Å². The molecule has 2 aromatic carbocycles. The molecule has 0 spiro atoms. The van der Waals surface area contributed by atoms with Crippen LogP contribution < -0.4 is 0 Å². The van der Waals surface area contributed by atoms with E-state index < -0.39 is 17.7 Å². The summed E-state index contributed by atoms with van der Waals surface area (Å²) in [5, 5.41) is 12.2. The van der Waals surface area contributed by atoms with Crippen molar-refractivity contribution in [1.82, 2.24) is 14.9 Å². The first kappa shape index (κ1) is 21.6. The van der Waals surface area contributed by atoms with E-state index in [9.17, 15) is 14.7 Å². The number of aliphatic hydroxyl groups excluding tert-OH is 1. The van der Waals surface area contributed by atoms with E-state index >= 15 is 0 Å². The number of aryl methyl sites for hydroxylation is 2. The van der Waals surface area contributed by atoms with E-state index in [0.717, 1.165) is 28.5 Å². The maximum absolute atomic E-state index is 13.1. The van der Waals surface area contributed by atoms with Crippen LogP contribution in [0, 0.1) is 6.92 Å². The molecule has 0 radical (unpaired) electrons. The molecule has 1 amide bonds. The van der Waals surface area contributed by atoms with Gasteiger partial charge in [-0.25, -0.2) is 0 Å². The predicted molar refractivity (Wildman–Crippen MR) is 131 cm³/mol. The van der Waals surface area contributed by atoms with Crippen LogP contribution in [-0.4, -0.2) is 38.2 Å². The molecule has 6 nitrogen and oxygen atoms in total. The molecular weight excluding hydrogens is 426 g/mol. The molecule has 1 aliphatic heterocycles. The summed E-state index contributed by atoms with van der Waals surface area (Å²) in [6, 6.07) is 18.6. The number of Topliss-reactive ketones (excluding diaryl/α,β-unsaturated/α-hetero) is 1. The number of hydrogen-bond acceptors (Lipinski definition) is 4. The van der Waals surface area contributed by atoms with Gasteiger partial charge in [0.1, 0.15) is 5.76 Å². The lowest BCUT2D eigenvalue weighted by Gasteiger charge is -2.25. The molecular formula is C28H25N3O3. The van der Waals surface area contributed by atoms with Gasteiger partial charge in [-0.05, 0) is 49.1 Å². The SMILES string of the molecule is Cc1ccc(C2C(=C(O)c3cccnc3)C(=O)C(=O)N2CCCc2c[nH]c3ccccc23)cc1. The second-order valence-electron chi connectivity index (χ2n) is 8.61. The lowest BCUT2D eigenvalue weighted by atomic mass is 9.95. The van der Waals surface area contributed by atoms with Crippen molar-refractivity contribution < 1.29 is 14.7 Å². The number of aromatic amines is 1. The van der Waals surface area contributed by atoms with Gasteiger partial charge in [0.25, 0.3) is 11.7 Å². The third-order valence-electron chi connectivity index (χ3n) is 6.39. The number of carbonyl (C=O) groups excluding carboxylic acids is 2. The van der Waals surface area contributed by atoms with Gasteiger partial charge in [0.2, 0.25) is 0 Å². The second kappa shape index (κ2) is 8.98. The summed E-state index contributed by atoms with van der Waals surface area (Å²) in [6.07, 6.45) is 6.53. The van der Waals surface area contributed by atoms with Crippen LogP contribution in [0.4, 0.5) is 0 Å². The Morgan fingerprint density at radius 3 is 2.62 bits per heavy atom. The van der Waals surface area contributed by atoms with Gasteiger partial charge in [0.05, 0.1) is 11.6 Å². The molecule has 1 atom stereocenters. The van der Waals surface area contributed by atoms with Crippen molar-refractivity contribution in [3.05, 3.63) is 107 Å². The summed E-state index contributed by atoms with van der Waals surface area (Å²) >= 11 is 0. The van der Waals surface area contributed by atoms with Gasteiger partial charge in [-0.3, -0.25) is 14.6 Å². The fourth-order valence-electron chi connectivity index (χ4n) is 4.64. The normalized spacial score (nSPS) is 17.6. The van der Waals surface area contributed by atoms with E-state index in [0.29, 0.717) is 18.5 Å². The number of benzene rings is 2. The number of ketones is 1. The monoisotopic (exact) mass is 451 g/mol. The Bertz CT molecular complexity index is 1390. The van der Waals surface area contributed by atoms with E-state index in [4.69, 9.17) is 0 Å². The molecule has 34 heavy (non-hydrogen) atoms. The van der Waals surface area contributed by atoms with Crippen molar-refractivity contribution in [3.8, 4) is 0 Å². The number of aliphatic hydroxyl groups is 1. The highest BCUT2D eigenvalue weighted by Crippen LogP contribution is 2.39. The molecule has 1 aliphatic rings. The Morgan fingerprint density at radius 1 is 1.06 bits per heavy atom. The molecule has 1 saturated heterocycles. The molecule has 6 heteroatoms. The van der Waals surface area contributed by atoms with Crippen LogP contribution in [0.5, 0.6) is 0 Å². The minimum Gasteiger partial charge on any atom is -0.507 e. The van der Waals surface area contributed by atoms with Gasteiger partial charge in [-0.2, -0.15) is 0 Å². The summed E-state index contributed by atoms with van der Waals surface area (Å²) in [5.41, 5.74) is 4.64. The van der Waals surface area contributed by atoms with Gasteiger partial charge < -0.3 is 15.0 Å². The predicted octanol–water partition coefficient (Wildman–Crippen LogP) is 4.93. The number of nitrogens with zero attached hydrogens (tertiary/aromatic N) is 2. The highest BCUT2D eigenvalue weighted by molar-refractivity contribution is 6.46.